The molecule has 0 bridgehead atoms. The molecule has 0 aromatic heterocycles. The number of hydrogen-bond acceptors (Lipinski definition) is 2. The van der Waals surface area contributed by atoms with Crippen LogP contribution in [0, 0.1) is 11.3 Å². The minimum atomic E-state index is 0. The van der Waals surface area contributed by atoms with Gasteiger partial charge in [0.2, 0.25) is 0 Å². The predicted octanol–water partition coefficient (Wildman–Crippen LogP) is 3.57. The Kier molecular flexibility index (Phi) is 8.11. The van der Waals surface area contributed by atoms with Crippen molar-refractivity contribution < 1.29 is 0 Å². The van der Waals surface area contributed by atoms with Crippen LogP contribution in [0.5, 0.6) is 0 Å². The standard InChI is InChI=1S/C19H36N4.HI/c1-20-18(21-12-6-17-7-13-22(2)14-8-17)23-15-11-19(16-23)9-4-3-5-10-19;/h17H,3-16H2,1-2H3,(H,20,21);1H. The number of guanidine groups is 1. The maximum atomic E-state index is 4.57. The average molecular weight is 448 g/mol. The Hall–Kier alpha value is -0.0400. The Morgan fingerprint density at radius 2 is 1.79 bits per heavy atom. The quantitative estimate of drug-likeness (QED) is 0.407. The second kappa shape index (κ2) is 9.60. The molecule has 1 spiro atoms. The van der Waals surface area contributed by atoms with E-state index in [1.54, 1.807) is 0 Å². The SMILES string of the molecule is CN=C(NCCC1CCN(C)CC1)N1CCC2(CCCCC2)C1.I. The number of hydrogen-bond donors (Lipinski definition) is 1. The summed E-state index contributed by atoms with van der Waals surface area (Å²) >= 11 is 0. The third-order valence-corrected chi connectivity index (χ3v) is 6.54. The largest absolute Gasteiger partial charge is 0.356 e. The molecule has 3 rings (SSSR count). The summed E-state index contributed by atoms with van der Waals surface area (Å²) in [6.45, 7) is 6.07. The van der Waals surface area contributed by atoms with Gasteiger partial charge in [-0.1, -0.05) is 19.3 Å². The maximum absolute atomic E-state index is 4.57. The lowest BCUT2D eigenvalue weighted by atomic mass is 9.73. The Balaban J connectivity index is 0.00000208. The molecule has 0 unspecified atom stereocenters. The van der Waals surface area contributed by atoms with Crippen LogP contribution in [-0.2, 0) is 0 Å². The summed E-state index contributed by atoms with van der Waals surface area (Å²) in [6.07, 6.45) is 12.6. The van der Waals surface area contributed by atoms with Gasteiger partial charge < -0.3 is 15.1 Å². The summed E-state index contributed by atoms with van der Waals surface area (Å²) < 4.78 is 0. The highest BCUT2D eigenvalue weighted by Crippen LogP contribution is 2.43. The Morgan fingerprint density at radius 1 is 1.08 bits per heavy atom. The molecule has 1 aliphatic carbocycles. The van der Waals surface area contributed by atoms with E-state index in [1.165, 1.54) is 84.0 Å². The molecule has 4 nitrogen and oxygen atoms in total. The van der Waals surface area contributed by atoms with E-state index >= 15 is 0 Å². The number of piperidine rings is 1. The average Bonchev–Trinajstić information content (AvgIpc) is 2.97. The zero-order valence-electron chi connectivity index (χ0n) is 15.7. The van der Waals surface area contributed by atoms with Gasteiger partial charge in [-0.2, -0.15) is 0 Å². The molecule has 0 aromatic rings. The minimum Gasteiger partial charge on any atom is -0.356 e. The molecule has 3 fully saturated rings. The molecule has 0 amide bonds. The van der Waals surface area contributed by atoms with Gasteiger partial charge in [-0.25, -0.2) is 0 Å². The number of halogens is 1. The van der Waals surface area contributed by atoms with Crippen LogP contribution in [0.15, 0.2) is 4.99 Å². The van der Waals surface area contributed by atoms with Crippen molar-refractivity contribution in [2.75, 3.05) is 46.8 Å². The molecule has 2 saturated heterocycles. The Labute approximate surface area is 165 Å². The molecule has 0 aromatic carbocycles. The lowest BCUT2D eigenvalue weighted by Crippen LogP contribution is -2.42. The maximum Gasteiger partial charge on any atom is 0.193 e. The van der Waals surface area contributed by atoms with Crippen molar-refractivity contribution >= 4 is 29.9 Å². The van der Waals surface area contributed by atoms with Crippen LogP contribution in [0.2, 0.25) is 0 Å². The topological polar surface area (TPSA) is 30.9 Å². The van der Waals surface area contributed by atoms with Crippen molar-refractivity contribution in [1.82, 2.24) is 15.1 Å². The monoisotopic (exact) mass is 448 g/mol. The molecule has 24 heavy (non-hydrogen) atoms. The molecule has 1 saturated carbocycles. The van der Waals surface area contributed by atoms with Crippen LogP contribution >= 0.6 is 24.0 Å². The summed E-state index contributed by atoms with van der Waals surface area (Å²) in [5.74, 6) is 2.06. The highest BCUT2D eigenvalue weighted by molar-refractivity contribution is 14.0. The van der Waals surface area contributed by atoms with E-state index in [9.17, 15) is 0 Å². The van der Waals surface area contributed by atoms with Gasteiger partial charge in [-0.05, 0) is 70.0 Å². The Morgan fingerprint density at radius 3 is 2.46 bits per heavy atom. The van der Waals surface area contributed by atoms with E-state index in [4.69, 9.17) is 0 Å². The first kappa shape index (κ1) is 20.3. The molecular formula is C19H37IN4. The third kappa shape index (κ3) is 5.23. The molecule has 5 heteroatoms. The van der Waals surface area contributed by atoms with Crippen molar-refractivity contribution in [2.24, 2.45) is 16.3 Å². The Bertz CT molecular complexity index is 398. The fourth-order valence-electron chi connectivity index (χ4n) is 4.90. The first-order chi connectivity index (χ1) is 11.2. The van der Waals surface area contributed by atoms with E-state index < -0.39 is 0 Å². The molecule has 0 radical (unpaired) electrons. The van der Waals surface area contributed by atoms with Crippen LogP contribution in [-0.4, -0.2) is 62.6 Å². The van der Waals surface area contributed by atoms with E-state index in [2.05, 4.69) is 27.2 Å². The molecule has 2 heterocycles. The number of nitrogens with zero attached hydrogens (tertiary/aromatic N) is 3. The van der Waals surface area contributed by atoms with Crippen molar-refractivity contribution in [1.29, 1.82) is 0 Å². The number of rotatable bonds is 3. The fraction of sp³-hybridized carbons (Fsp3) is 0.947. The molecule has 3 aliphatic rings. The van der Waals surface area contributed by atoms with Crippen LogP contribution in [0.25, 0.3) is 0 Å². The van der Waals surface area contributed by atoms with Gasteiger partial charge in [0.1, 0.15) is 0 Å². The fourth-order valence-corrected chi connectivity index (χ4v) is 4.90. The van der Waals surface area contributed by atoms with Gasteiger partial charge in [0.15, 0.2) is 5.96 Å². The zero-order chi connectivity index (χ0) is 16.1. The minimum absolute atomic E-state index is 0. The van der Waals surface area contributed by atoms with Crippen LogP contribution in [0.3, 0.4) is 0 Å². The lowest BCUT2D eigenvalue weighted by Gasteiger charge is -2.34. The van der Waals surface area contributed by atoms with E-state index in [0.717, 1.165) is 18.4 Å². The zero-order valence-corrected chi connectivity index (χ0v) is 18.1. The molecule has 140 valence electrons. The van der Waals surface area contributed by atoms with Crippen molar-refractivity contribution in [3.05, 3.63) is 0 Å². The van der Waals surface area contributed by atoms with Crippen molar-refractivity contribution in [3.8, 4) is 0 Å². The van der Waals surface area contributed by atoms with Gasteiger partial charge >= 0.3 is 0 Å². The van der Waals surface area contributed by atoms with Crippen molar-refractivity contribution in [2.45, 2.75) is 57.8 Å². The molecule has 1 N–H and O–H groups in total. The summed E-state index contributed by atoms with van der Waals surface area (Å²) in [7, 11) is 4.19. The number of aliphatic imine (C=N–C) groups is 1. The van der Waals surface area contributed by atoms with Crippen LogP contribution in [0.4, 0.5) is 0 Å². The second-order valence-corrected chi connectivity index (χ2v) is 8.24. The highest BCUT2D eigenvalue weighted by Gasteiger charge is 2.39. The summed E-state index contributed by atoms with van der Waals surface area (Å²) in [5, 5.41) is 3.65. The summed E-state index contributed by atoms with van der Waals surface area (Å²) in [5.41, 5.74) is 0.615. The van der Waals surface area contributed by atoms with Gasteiger partial charge in [0.05, 0.1) is 0 Å². The summed E-state index contributed by atoms with van der Waals surface area (Å²) in [6, 6.07) is 0. The first-order valence-electron chi connectivity index (χ1n) is 9.85. The van der Waals surface area contributed by atoms with Gasteiger partial charge in [0, 0.05) is 26.7 Å². The van der Waals surface area contributed by atoms with Gasteiger partial charge in [-0.15, -0.1) is 24.0 Å². The van der Waals surface area contributed by atoms with E-state index in [-0.39, 0.29) is 24.0 Å². The lowest BCUT2D eigenvalue weighted by molar-refractivity contribution is 0.202. The summed E-state index contributed by atoms with van der Waals surface area (Å²) in [4.78, 5) is 9.55. The molecule has 0 atom stereocenters. The molecule has 2 aliphatic heterocycles. The smallest absolute Gasteiger partial charge is 0.193 e. The second-order valence-electron chi connectivity index (χ2n) is 8.24. The number of likely N-dealkylation sites (tertiary alicyclic amines) is 2. The normalized spacial score (nSPS) is 25.8. The van der Waals surface area contributed by atoms with Crippen molar-refractivity contribution in [3.63, 3.8) is 0 Å². The highest BCUT2D eigenvalue weighted by atomic mass is 127. The van der Waals surface area contributed by atoms with Crippen LogP contribution < -0.4 is 5.32 Å². The number of nitrogens with one attached hydrogen (secondary N) is 1. The van der Waals surface area contributed by atoms with E-state index in [0.29, 0.717) is 5.41 Å². The van der Waals surface area contributed by atoms with Gasteiger partial charge in [0.25, 0.3) is 0 Å². The van der Waals surface area contributed by atoms with Crippen LogP contribution in [0.1, 0.15) is 57.8 Å². The predicted molar refractivity (Wildman–Crippen MR) is 113 cm³/mol. The van der Waals surface area contributed by atoms with Gasteiger partial charge in [-0.3, -0.25) is 4.99 Å². The third-order valence-electron chi connectivity index (χ3n) is 6.54. The molecular weight excluding hydrogens is 411 g/mol. The van der Waals surface area contributed by atoms with E-state index in [1.807, 2.05) is 7.05 Å². The first-order valence-corrected chi connectivity index (χ1v) is 9.85.